The lowest BCUT2D eigenvalue weighted by Crippen LogP contribution is -2.15. The second-order valence-corrected chi connectivity index (χ2v) is 5.61. The summed E-state index contributed by atoms with van der Waals surface area (Å²) in [7, 11) is 0. The molecule has 2 aromatic carbocycles. The molecule has 0 spiro atoms. The molecule has 5 heteroatoms. The van der Waals surface area contributed by atoms with E-state index in [2.05, 4.69) is 12.2 Å². The Balaban J connectivity index is 1.71. The van der Waals surface area contributed by atoms with E-state index < -0.39 is 5.91 Å². The average molecular weight is 322 g/mol. The van der Waals surface area contributed by atoms with E-state index in [4.69, 9.17) is 10.2 Å². The van der Waals surface area contributed by atoms with Crippen molar-refractivity contribution < 1.29 is 14.0 Å². The van der Waals surface area contributed by atoms with E-state index in [-0.39, 0.29) is 12.3 Å². The molecular formula is C19H18N2O3. The number of nitrogens with two attached hydrogens (primary N) is 1. The van der Waals surface area contributed by atoms with Gasteiger partial charge < -0.3 is 15.5 Å². The first kappa shape index (κ1) is 15.8. The third kappa shape index (κ3) is 3.30. The summed E-state index contributed by atoms with van der Waals surface area (Å²) < 4.78 is 5.55. The maximum absolute atomic E-state index is 12.2. The van der Waals surface area contributed by atoms with E-state index >= 15 is 0 Å². The number of furan rings is 1. The zero-order chi connectivity index (χ0) is 17.1. The lowest BCUT2D eigenvalue weighted by molar-refractivity contribution is -0.115. The summed E-state index contributed by atoms with van der Waals surface area (Å²) in [5, 5.41) is 3.75. The number of benzene rings is 2. The second-order valence-electron chi connectivity index (χ2n) is 5.61. The van der Waals surface area contributed by atoms with Gasteiger partial charge in [-0.15, -0.1) is 0 Å². The van der Waals surface area contributed by atoms with E-state index in [1.54, 1.807) is 30.5 Å². The fourth-order valence-electron chi connectivity index (χ4n) is 2.58. The predicted molar refractivity (Wildman–Crippen MR) is 92.9 cm³/mol. The molecule has 1 aromatic heterocycles. The van der Waals surface area contributed by atoms with Crippen LogP contribution < -0.4 is 11.1 Å². The first-order chi connectivity index (χ1) is 11.6. The van der Waals surface area contributed by atoms with Crippen molar-refractivity contribution in [2.24, 2.45) is 5.73 Å². The van der Waals surface area contributed by atoms with Gasteiger partial charge in [0.05, 0.1) is 12.7 Å². The Labute approximate surface area is 139 Å². The van der Waals surface area contributed by atoms with E-state index in [0.29, 0.717) is 11.3 Å². The molecule has 0 saturated heterocycles. The Bertz CT molecular complexity index is 895. The zero-order valence-electron chi connectivity index (χ0n) is 13.3. The van der Waals surface area contributed by atoms with Crippen molar-refractivity contribution in [1.82, 2.24) is 0 Å². The normalized spacial score (nSPS) is 10.7. The van der Waals surface area contributed by atoms with Gasteiger partial charge in [-0.2, -0.15) is 0 Å². The van der Waals surface area contributed by atoms with E-state index in [1.165, 1.54) is 5.56 Å². The van der Waals surface area contributed by atoms with Gasteiger partial charge in [0, 0.05) is 22.2 Å². The summed E-state index contributed by atoms with van der Waals surface area (Å²) in [4.78, 5) is 23.3. The fraction of sp³-hybridized carbons (Fsp3) is 0.158. The number of hydrogen-bond acceptors (Lipinski definition) is 3. The van der Waals surface area contributed by atoms with Crippen LogP contribution in [0.15, 0.2) is 53.1 Å². The molecule has 24 heavy (non-hydrogen) atoms. The average Bonchev–Trinajstić information content (AvgIpc) is 2.97. The number of primary amides is 1. The number of nitrogens with one attached hydrogen (secondary N) is 1. The third-order valence-electron chi connectivity index (χ3n) is 3.93. The molecule has 3 aromatic rings. The van der Waals surface area contributed by atoms with Gasteiger partial charge in [0.2, 0.25) is 11.8 Å². The first-order valence-corrected chi connectivity index (χ1v) is 7.75. The quantitative estimate of drug-likeness (QED) is 0.756. The van der Waals surface area contributed by atoms with Crippen LogP contribution in [0, 0.1) is 0 Å². The van der Waals surface area contributed by atoms with E-state index in [9.17, 15) is 9.59 Å². The topological polar surface area (TPSA) is 85.3 Å². The van der Waals surface area contributed by atoms with Crippen molar-refractivity contribution in [2.45, 2.75) is 19.8 Å². The number of carbonyl (C=O) groups excluding carboxylic acids is 2. The minimum atomic E-state index is -0.496. The van der Waals surface area contributed by atoms with Crippen LogP contribution in [0.25, 0.3) is 11.0 Å². The summed E-state index contributed by atoms with van der Waals surface area (Å²) in [6.45, 7) is 2.09. The highest BCUT2D eigenvalue weighted by Gasteiger charge is 2.11. The van der Waals surface area contributed by atoms with Crippen molar-refractivity contribution in [1.29, 1.82) is 0 Å². The molecule has 0 unspecified atom stereocenters. The summed E-state index contributed by atoms with van der Waals surface area (Å²) in [5.41, 5.74) is 9.05. The molecule has 0 atom stereocenters. The minimum Gasteiger partial charge on any atom is -0.464 e. The molecule has 0 bridgehead atoms. The van der Waals surface area contributed by atoms with Gasteiger partial charge in [-0.05, 0) is 42.3 Å². The maximum atomic E-state index is 12.2. The van der Waals surface area contributed by atoms with Gasteiger partial charge >= 0.3 is 0 Å². The van der Waals surface area contributed by atoms with Gasteiger partial charge in [0.1, 0.15) is 5.58 Å². The molecule has 0 saturated carbocycles. The summed E-state index contributed by atoms with van der Waals surface area (Å²) in [6.07, 6.45) is 2.78. The Kier molecular flexibility index (Phi) is 4.33. The Morgan fingerprint density at radius 1 is 1.12 bits per heavy atom. The number of carbonyl (C=O) groups is 2. The maximum Gasteiger partial charge on any atom is 0.248 e. The zero-order valence-corrected chi connectivity index (χ0v) is 13.3. The molecule has 0 aliphatic carbocycles. The SMILES string of the molecule is CCc1ccc2c(CC(=O)Nc3ccc(C(N)=O)cc3)coc2c1. The van der Waals surface area contributed by atoms with Crippen molar-refractivity contribution in [2.75, 3.05) is 5.32 Å². The Morgan fingerprint density at radius 3 is 2.54 bits per heavy atom. The Hall–Kier alpha value is -3.08. The standard InChI is InChI=1S/C19H18N2O3/c1-2-12-3-8-16-14(11-24-17(16)9-12)10-18(22)21-15-6-4-13(5-7-15)19(20)23/h3-9,11H,2,10H2,1H3,(H2,20,23)(H,21,22). The van der Waals surface area contributed by atoms with Crippen LogP contribution in [0.5, 0.6) is 0 Å². The molecular weight excluding hydrogens is 304 g/mol. The van der Waals surface area contributed by atoms with E-state index in [0.717, 1.165) is 23.0 Å². The first-order valence-electron chi connectivity index (χ1n) is 7.75. The second kappa shape index (κ2) is 6.58. The van der Waals surface area contributed by atoms with Crippen molar-refractivity contribution in [3.63, 3.8) is 0 Å². The lowest BCUT2D eigenvalue weighted by Gasteiger charge is -2.05. The van der Waals surface area contributed by atoms with Crippen molar-refractivity contribution in [3.8, 4) is 0 Å². The minimum absolute atomic E-state index is 0.149. The van der Waals surface area contributed by atoms with Gasteiger partial charge in [0.15, 0.2) is 0 Å². The summed E-state index contributed by atoms with van der Waals surface area (Å²) in [5.74, 6) is -0.645. The molecule has 122 valence electrons. The molecule has 0 fully saturated rings. The molecule has 2 amide bonds. The van der Waals surface area contributed by atoms with E-state index in [1.807, 2.05) is 18.2 Å². The third-order valence-corrected chi connectivity index (χ3v) is 3.93. The molecule has 0 aliphatic rings. The molecule has 5 nitrogen and oxygen atoms in total. The van der Waals surface area contributed by atoms with Crippen LogP contribution in [0.2, 0.25) is 0 Å². The molecule has 3 N–H and O–H groups in total. The highest BCUT2D eigenvalue weighted by molar-refractivity contribution is 5.96. The number of amides is 2. The van der Waals surface area contributed by atoms with Gasteiger partial charge in [-0.3, -0.25) is 9.59 Å². The van der Waals surface area contributed by atoms with Crippen LogP contribution in [0.4, 0.5) is 5.69 Å². The van der Waals surface area contributed by atoms with Gasteiger partial charge in [0.25, 0.3) is 0 Å². The van der Waals surface area contributed by atoms with Crippen molar-refractivity contribution >= 4 is 28.5 Å². The highest BCUT2D eigenvalue weighted by Crippen LogP contribution is 2.23. The monoisotopic (exact) mass is 322 g/mol. The number of anilines is 1. The number of hydrogen-bond donors (Lipinski definition) is 2. The van der Waals surface area contributed by atoms with Crippen molar-refractivity contribution in [3.05, 3.63) is 65.4 Å². The van der Waals surface area contributed by atoms with Crippen LogP contribution in [0.3, 0.4) is 0 Å². The Morgan fingerprint density at radius 2 is 1.88 bits per heavy atom. The molecule has 1 heterocycles. The van der Waals surface area contributed by atoms with Crippen LogP contribution >= 0.6 is 0 Å². The number of rotatable bonds is 5. The molecule has 0 radical (unpaired) electrons. The summed E-state index contributed by atoms with van der Waals surface area (Å²) >= 11 is 0. The predicted octanol–water partition coefficient (Wildman–Crippen LogP) is 3.28. The number of aryl methyl sites for hydroxylation is 1. The summed E-state index contributed by atoms with van der Waals surface area (Å²) in [6, 6.07) is 12.5. The van der Waals surface area contributed by atoms with Crippen LogP contribution in [0.1, 0.15) is 28.4 Å². The van der Waals surface area contributed by atoms with Crippen LogP contribution in [-0.4, -0.2) is 11.8 Å². The molecule has 0 aliphatic heterocycles. The lowest BCUT2D eigenvalue weighted by atomic mass is 10.1. The fourth-order valence-corrected chi connectivity index (χ4v) is 2.58. The largest absolute Gasteiger partial charge is 0.464 e. The highest BCUT2D eigenvalue weighted by atomic mass is 16.3. The van der Waals surface area contributed by atoms with Gasteiger partial charge in [-0.1, -0.05) is 19.1 Å². The smallest absolute Gasteiger partial charge is 0.248 e. The van der Waals surface area contributed by atoms with Gasteiger partial charge in [-0.25, -0.2) is 0 Å². The van der Waals surface area contributed by atoms with Crippen LogP contribution in [-0.2, 0) is 17.6 Å². The molecule has 3 rings (SSSR count). The number of fused-ring (bicyclic) bond motifs is 1.